The van der Waals surface area contributed by atoms with E-state index in [0.717, 1.165) is 0 Å². The highest BCUT2D eigenvalue weighted by Crippen LogP contribution is 2.41. The monoisotopic (exact) mass is 672 g/mol. The van der Waals surface area contributed by atoms with Gasteiger partial charge >= 0.3 is 0 Å². The molecule has 0 aliphatic heterocycles. The average molecular weight is 673 g/mol. The summed E-state index contributed by atoms with van der Waals surface area (Å²) in [6.07, 6.45) is 0. The van der Waals surface area contributed by atoms with Crippen LogP contribution in [0.25, 0.3) is 93.6 Å². The summed E-state index contributed by atoms with van der Waals surface area (Å²) in [6.45, 7) is 0. The maximum atomic E-state index is 9.28. The highest BCUT2D eigenvalue weighted by molar-refractivity contribution is 6.13. The summed E-state index contributed by atoms with van der Waals surface area (Å²) in [5, 5.41) is -0.321. The van der Waals surface area contributed by atoms with E-state index in [1.54, 1.807) is 10.6 Å². The molecular weight excluding hydrogens is 619 g/mol. The van der Waals surface area contributed by atoms with Crippen LogP contribution in [-0.4, -0.2) is 13.7 Å². The van der Waals surface area contributed by atoms with Crippen molar-refractivity contribution in [1.29, 1.82) is 0 Å². The molecule has 0 aliphatic rings. The third-order valence-corrected chi connectivity index (χ3v) is 9.11. The number of hydrogen-bond acceptors (Lipinski definition) is 0. The van der Waals surface area contributed by atoms with Gasteiger partial charge in [-0.25, -0.2) is 0 Å². The molecule has 3 nitrogen and oxygen atoms in total. The largest absolute Gasteiger partial charge is 0.309 e. The minimum Gasteiger partial charge on any atom is -0.309 e. The second kappa shape index (κ2) is 10.8. The number of nitrogens with zero attached hydrogens (tertiary/aromatic N) is 3. The Morgan fingerprint density at radius 1 is 0.294 bits per heavy atom. The van der Waals surface area contributed by atoms with Gasteiger partial charge in [0.25, 0.3) is 0 Å². The second-order valence-electron chi connectivity index (χ2n) is 11.7. The number of benzene rings is 8. The van der Waals surface area contributed by atoms with Crippen molar-refractivity contribution in [2.45, 2.75) is 0 Å². The van der Waals surface area contributed by atoms with Crippen LogP contribution in [0.15, 0.2) is 188 Å². The van der Waals surface area contributed by atoms with Crippen molar-refractivity contribution in [1.82, 2.24) is 13.7 Å². The molecule has 0 atom stereocenters. The molecule has 0 aliphatic carbocycles. The van der Waals surface area contributed by atoms with Crippen LogP contribution in [0.5, 0.6) is 0 Å². The van der Waals surface area contributed by atoms with Crippen LogP contribution in [0.4, 0.5) is 0 Å². The molecule has 3 aromatic heterocycles. The average Bonchev–Trinajstić information content (AvgIpc) is 4.04. The number of para-hydroxylation sites is 5. The summed E-state index contributed by atoms with van der Waals surface area (Å²) in [4.78, 5) is 0. The lowest BCUT2D eigenvalue weighted by Gasteiger charge is -2.18. The fourth-order valence-electron chi connectivity index (χ4n) is 7.02. The molecule has 3 heterocycles. The highest BCUT2D eigenvalue weighted by atomic mass is 15.1. The first-order valence-electron chi connectivity index (χ1n) is 27.1. The van der Waals surface area contributed by atoms with Crippen LogP contribution in [0, 0.1) is 0 Å². The number of rotatable bonds is 4. The van der Waals surface area contributed by atoms with Gasteiger partial charge in [0.15, 0.2) is 0 Å². The normalized spacial score (nSPS) is 18.2. The molecule has 238 valence electrons. The molecule has 11 rings (SSSR count). The maximum Gasteiger partial charge on any atom is 0.0709 e. The van der Waals surface area contributed by atoms with E-state index in [1.165, 1.54) is 51.6 Å². The van der Waals surface area contributed by atoms with E-state index >= 15 is 0 Å². The van der Waals surface area contributed by atoms with Crippen LogP contribution in [0.3, 0.4) is 0 Å². The summed E-state index contributed by atoms with van der Waals surface area (Å²) >= 11 is 0. The summed E-state index contributed by atoms with van der Waals surface area (Å²) < 4.78 is 207. The van der Waals surface area contributed by atoms with E-state index in [9.17, 15) is 2.74 Å². The Bertz CT molecular complexity index is 4290. The zero-order chi connectivity index (χ0) is 53.5. The maximum absolute atomic E-state index is 9.28. The lowest BCUT2D eigenvalue weighted by molar-refractivity contribution is 1.09. The first-order chi connectivity index (χ1) is 34.8. The standard InChI is InChI=1S/C48H31N3/c1-2-14-32(15-3-1)33-26-28-47(50-43-23-11-6-18-37(43)38-19-7-12-24-44(38)50)48(30-33)51-45-25-13-8-20-39(45)40-31-34(27-29-46(40)51)49-41-21-9-4-16-35(41)36-17-5-10-22-42(36)49/h1-31H/i1D,2D,3D,4D,5D,6D,7D,8D,9D,10D,11D,12D,13D,14D,15D,16D,17D,18D,19D,21D,22D,23D,24D. The molecule has 0 bridgehead atoms. The SMILES string of the molecule is [2H]c1cc2c3cc(-n4c5c([2H])c([2H])c([2H])c([2H])c5c5c([2H])c([2H])c([2H])c([2H])c54)ccc3n(-c3cc(-c4c([2H])c([2H])c([2H])c([2H])c4[2H])ccc3-n3c4c([2H])c([2H])c([2H])c([2H])c4c4c([2H])c([2H])c([2H])c([2H])c43)c2cc1[2H]. The summed E-state index contributed by atoms with van der Waals surface area (Å²) in [6, 6.07) is -2.27. The van der Waals surface area contributed by atoms with Gasteiger partial charge in [-0.1, -0.05) is 127 Å². The van der Waals surface area contributed by atoms with Gasteiger partial charge in [0.1, 0.15) is 0 Å². The van der Waals surface area contributed by atoms with Gasteiger partial charge < -0.3 is 13.7 Å². The molecule has 0 saturated carbocycles. The molecule has 0 amide bonds. The molecular formula is C48H31N3. The van der Waals surface area contributed by atoms with Gasteiger partial charge in [0.05, 0.1) is 76.0 Å². The van der Waals surface area contributed by atoms with Crippen LogP contribution in [0.1, 0.15) is 31.5 Å². The van der Waals surface area contributed by atoms with Gasteiger partial charge in [-0.2, -0.15) is 0 Å². The van der Waals surface area contributed by atoms with E-state index in [2.05, 4.69) is 0 Å². The minimum absolute atomic E-state index is 0.00194. The van der Waals surface area contributed by atoms with E-state index in [0.29, 0.717) is 0 Å². The van der Waals surface area contributed by atoms with Crippen LogP contribution < -0.4 is 0 Å². The third kappa shape index (κ3) is 4.06. The molecule has 3 heteroatoms. The van der Waals surface area contributed by atoms with Crippen LogP contribution >= 0.6 is 0 Å². The zero-order valence-corrected chi connectivity index (χ0v) is 26.0. The summed E-state index contributed by atoms with van der Waals surface area (Å²) in [5.74, 6) is 0. The molecule has 0 N–H and O–H groups in total. The molecule has 0 radical (unpaired) electrons. The summed E-state index contributed by atoms with van der Waals surface area (Å²) in [5.41, 5.74) is -0.628. The van der Waals surface area contributed by atoms with Crippen LogP contribution in [0.2, 0.25) is 0 Å². The second-order valence-corrected chi connectivity index (χ2v) is 11.7. The van der Waals surface area contributed by atoms with Crippen LogP contribution in [-0.2, 0) is 0 Å². The molecule has 0 saturated heterocycles. The van der Waals surface area contributed by atoms with Gasteiger partial charge in [0.2, 0.25) is 0 Å². The van der Waals surface area contributed by atoms with E-state index in [1.807, 2.05) is 0 Å². The fourth-order valence-corrected chi connectivity index (χ4v) is 7.02. The Labute approximate surface area is 326 Å². The first-order valence-corrected chi connectivity index (χ1v) is 15.6. The van der Waals surface area contributed by atoms with Crippen molar-refractivity contribution in [3.8, 4) is 28.2 Å². The molecule has 51 heavy (non-hydrogen) atoms. The van der Waals surface area contributed by atoms with Gasteiger partial charge in [-0.05, 0) is 71.7 Å². The number of hydrogen-bond donors (Lipinski definition) is 0. The van der Waals surface area contributed by atoms with E-state index in [-0.39, 0.29) is 106 Å². The Kier molecular flexibility index (Phi) is 2.93. The summed E-state index contributed by atoms with van der Waals surface area (Å²) in [7, 11) is 0. The van der Waals surface area contributed by atoms with Crippen molar-refractivity contribution in [2.75, 3.05) is 0 Å². The third-order valence-electron chi connectivity index (χ3n) is 9.11. The quantitative estimate of drug-likeness (QED) is 0.177. The van der Waals surface area contributed by atoms with E-state index in [4.69, 9.17) is 28.8 Å². The number of aromatic nitrogens is 3. The van der Waals surface area contributed by atoms with Crippen molar-refractivity contribution in [3.63, 3.8) is 0 Å². The fraction of sp³-hybridized carbons (Fsp3) is 0. The van der Waals surface area contributed by atoms with Gasteiger partial charge in [-0.3, -0.25) is 0 Å². The Balaban J connectivity index is 1.35. The molecule has 8 aromatic carbocycles. The zero-order valence-electron chi connectivity index (χ0n) is 49.0. The predicted molar refractivity (Wildman–Crippen MR) is 215 cm³/mol. The lowest BCUT2D eigenvalue weighted by atomic mass is 10.0. The van der Waals surface area contributed by atoms with Crippen molar-refractivity contribution in [2.24, 2.45) is 0 Å². The van der Waals surface area contributed by atoms with Gasteiger partial charge in [0, 0.05) is 38.0 Å². The van der Waals surface area contributed by atoms with E-state index < -0.39 is 127 Å². The smallest absolute Gasteiger partial charge is 0.0709 e. The predicted octanol–water partition coefficient (Wildman–Crippen LogP) is 12.6. The molecule has 0 fully saturated rings. The Morgan fingerprint density at radius 2 is 0.804 bits per heavy atom. The van der Waals surface area contributed by atoms with Crippen molar-refractivity contribution < 1.29 is 31.5 Å². The molecule has 0 unspecified atom stereocenters. The first kappa shape index (κ1) is 13.8. The Morgan fingerprint density at radius 3 is 1.43 bits per heavy atom. The van der Waals surface area contributed by atoms with Crippen molar-refractivity contribution >= 4 is 65.4 Å². The molecule has 11 aromatic rings. The topological polar surface area (TPSA) is 14.8 Å². The Hall–Kier alpha value is -6.84. The van der Waals surface area contributed by atoms with Crippen molar-refractivity contribution in [3.05, 3.63) is 188 Å². The minimum atomic E-state index is -0.704. The van der Waals surface area contributed by atoms with Gasteiger partial charge in [-0.15, -0.1) is 0 Å². The molecule has 0 spiro atoms. The lowest BCUT2D eigenvalue weighted by Crippen LogP contribution is -2.04. The number of fused-ring (bicyclic) bond motifs is 9. The highest BCUT2D eigenvalue weighted by Gasteiger charge is 2.21.